The van der Waals surface area contributed by atoms with Gasteiger partial charge in [-0.1, -0.05) is 26.2 Å². The Labute approximate surface area is 130 Å². The molecule has 3 N–H and O–H groups in total. The van der Waals surface area contributed by atoms with Crippen molar-refractivity contribution in [1.82, 2.24) is 0 Å². The molecule has 0 spiro atoms. The lowest BCUT2D eigenvalue weighted by atomic mass is 9.86. The molecule has 4 nitrogen and oxygen atoms in total. The minimum absolute atomic E-state index is 0.0288. The maximum Gasteiger partial charge on any atom is 0.305 e. The van der Waals surface area contributed by atoms with Crippen LogP contribution in [-0.2, 0) is 9.53 Å². The topological polar surface area (TPSA) is 47.3 Å². The van der Waals surface area contributed by atoms with E-state index in [4.69, 9.17) is 4.74 Å². The van der Waals surface area contributed by atoms with Crippen LogP contribution in [0.15, 0.2) is 0 Å². The second-order valence-corrected chi connectivity index (χ2v) is 6.92. The lowest BCUT2D eigenvalue weighted by molar-refractivity contribution is -0.877. The largest absolute Gasteiger partial charge is 0.469 e. The molecule has 4 heteroatoms. The number of methoxy groups -OCH3 is 1. The number of rotatable bonds is 10. The van der Waals surface area contributed by atoms with Crippen molar-refractivity contribution in [2.45, 2.75) is 57.9 Å². The van der Waals surface area contributed by atoms with Crippen LogP contribution in [0.25, 0.3) is 0 Å². The van der Waals surface area contributed by atoms with E-state index in [1.54, 1.807) is 0 Å². The van der Waals surface area contributed by atoms with E-state index in [0.29, 0.717) is 18.3 Å². The number of unbranched alkanes of at least 4 members (excludes halogenated alkanes) is 2. The van der Waals surface area contributed by atoms with Crippen LogP contribution in [0.2, 0.25) is 0 Å². The number of likely N-dealkylation sites (N-methyl/N-ethyl adjacent to an activating group) is 1. The highest BCUT2D eigenvalue weighted by Crippen LogP contribution is 2.36. The number of ether oxygens (including phenoxy) is 1. The molecular weight excluding hydrogens is 264 g/mol. The summed E-state index contributed by atoms with van der Waals surface area (Å²) in [7, 11) is 5.93. The molecule has 3 atom stereocenters. The molecule has 0 amide bonds. The van der Waals surface area contributed by atoms with E-state index in [1.807, 2.05) is 0 Å². The molecule has 0 aliphatic heterocycles. The summed E-state index contributed by atoms with van der Waals surface area (Å²) in [4.78, 5) is 13.1. The first-order chi connectivity index (χ1) is 10.1. The minimum Gasteiger partial charge on any atom is -0.469 e. The molecule has 0 unspecified atom stereocenters. The molecule has 0 heterocycles. The first-order valence-corrected chi connectivity index (χ1v) is 8.77. The number of quaternary nitrogens is 2. The first-order valence-electron chi connectivity index (χ1n) is 8.77. The molecule has 124 valence electrons. The molecule has 1 saturated carbocycles. The van der Waals surface area contributed by atoms with Crippen molar-refractivity contribution in [3.63, 3.8) is 0 Å². The Morgan fingerprint density at radius 2 is 2.05 bits per heavy atom. The van der Waals surface area contributed by atoms with Gasteiger partial charge >= 0.3 is 5.97 Å². The molecule has 21 heavy (non-hydrogen) atoms. The van der Waals surface area contributed by atoms with Crippen LogP contribution < -0.4 is 10.2 Å². The van der Waals surface area contributed by atoms with E-state index >= 15 is 0 Å². The van der Waals surface area contributed by atoms with Crippen molar-refractivity contribution in [2.24, 2.45) is 11.8 Å². The molecule has 0 saturated heterocycles. The molecule has 1 aliphatic carbocycles. The van der Waals surface area contributed by atoms with Gasteiger partial charge in [0.25, 0.3) is 0 Å². The van der Waals surface area contributed by atoms with Gasteiger partial charge in [0.05, 0.1) is 27.2 Å². The number of nitrogens with two attached hydrogens (primary N) is 1. The second kappa shape index (κ2) is 10.2. The SMILES string of the molecule is CCCCC[C@@H]1[C@H](CC(=O)OC)CC[C@@H]1[NH2+]CC[NH+](C)C. The van der Waals surface area contributed by atoms with Crippen LogP contribution in [0.5, 0.6) is 0 Å². The van der Waals surface area contributed by atoms with Gasteiger partial charge in [0.2, 0.25) is 0 Å². The average molecular weight is 300 g/mol. The van der Waals surface area contributed by atoms with Crippen molar-refractivity contribution in [2.75, 3.05) is 34.3 Å². The van der Waals surface area contributed by atoms with Crippen molar-refractivity contribution in [1.29, 1.82) is 0 Å². The van der Waals surface area contributed by atoms with Crippen molar-refractivity contribution in [3.8, 4) is 0 Å². The smallest absolute Gasteiger partial charge is 0.305 e. The third kappa shape index (κ3) is 6.79. The third-order valence-electron chi connectivity index (χ3n) is 4.94. The maximum absolute atomic E-state index is 11.6. The molecule has 0 aromatic carbocycles. The second-order valence-electron chi connectivity index (χ2n) is 6.92. The predicted octanol–water partition coefficient (Wildman–Crippen LogP) is 0.233. The summed E-state index contributed by atoms with van der Waals surface area (Å²) in [6.45, 7) is 4.66. The normalized spacial score (nSPS) is 25.5. The van der Waals surface area contributed by atoms with Crippen LogP contribution >= 0.6 is 0 Å². The summed E-state index contributed by atoms with van der Waals surface area (Å²) in [5.41, 5.74) is 0. The first kappa shape index (κ1) is 18.4. The standard InChI is InChI=1S/C17H34N2O2/c1-5-6-7-8-15-14(13-17(20)21-4)9-10-16(15)18-11-12-19(2)3/h14-16,18H,5-13H2,1-4H3/p+2/t14-,15+,16-/m0/s1. The van der Waals surface area contributed by atoms with E-state index in [-0.39, 0.29) is 5.97 Å². The number of nitrogens with one attached hydrogen (secondary N) is 1. The zero-order valence-corrected chi connectivity index (χ0v) is 14.5. The van der Waals surface area contributed by atoms with E-state index < -0.39 is 0 Å². The molecule has 0 bridgehead atoms. The van der Waals surface area contributed by atoms with Crippen LogP contribution in [0.1, 0.15) is 51.9 Å². The monoisotopic (exact) mass is 300 g/mol. The van der Waals surface area contributed by atoms with E-state index in [9.17, 15) is 4.79 Å². The lowest BCUT2D eigenvalue weighted by Crippen LogP contribution is -3.10. The van der Waals surface area contributed by atoms with Gasteiger partial charge in [-0.2, -0.15) is 0 Å². The van der Waals surface area contributed by atoms with Gasteiger partial charge in [0, 0.05) is 12.3 Å². The molecular formula is C17H36N2O2+2. The summed E-state index contributed by atoms with van der Waals surface area (Å²) in [5.74, 6) is 1.22. The van der Waals surface area contributed by atoms with E-state index in [1.165, 1.54) is 63.6 Å². The van der Waals surface area contributed by atoms with Gasteiger partial charge in [0.1, 0.15) is 13.1 Å². The fraction of sp³-hybridized carbons (Fsp3) is 0.941. The number of esters is 1. The summed E-state index contributed by atoms with van der Waals surface area (Å²) < 4.78 is 4.88. The van der Waals surface area contributed by atoms with Crippen LogP contribution in [0, 0.1) is 11.8 Å². The van der Waals surface area contributed by atoms with Crippen molar-refractivity contribution >= 4 is 5.97 Å². The predicted molar refractivity (Wildman–Crippen MR) is 85.2 cm³/mol. The molecule has 0 aromatic heterocycles. The summed E-state index contributed by atoms with van der Waals surface area (Å²) in [6, 6.07) is 0.718. The zero-order chi connectivity index (χ0) is 15.7. The van der Waals surface area contributed by atoms with Gasteiger partial charge in [-0.3, -0.25) is 4.79 Å². The molecule has 1 fully saturated rings. The maximum atomic E-state index is 11.6. The minimum atomic E-state index is -0.0288. The summed E-state index contributed by atoms with van der Waals surface area (Å²) >= 11 is 0. The number of hydrogen-bond donors (Lipinski definition) is 2. The van der Waals surface area contributed by atoms with Crippen LogP contribution in [0.3, 0.4) is 0 Å². The van der Waals surface area contributed by atoms with Crippen LogP contribution in [-0.4, -0.2) is 46.3 Å². The Balaban J connectivity index is 2.49. The molecule has 1 aliphatic rings. The van der Waals surface area contributed by atoms with Gasteiger partial charge in [-0.15, -0.1) is 0 Å². The molecule has 0 aromatic rings. The fourth-order valence-electron chi connectivity index (χ4n) is 3.69. The van der Waals surface area contributed by atoms with E-state index in [2.05, 4.69) is 26.3 Å². The molecule has 1 rings (SSSR count). The summed E-state index contributed by atoms with van der Waals surface area (Å²) in [6.07, 6.45) is 8.26. The van der Waals surface area contributed by atoms with Crippen molar-refractivity contribution < 1.29 is 19.7 Å². The van der Waals surface area contributed by atoms with Crippen LogP contribution in [0.4, 0.5) is 0 Å². The van der Waals surface area contributed by atoms with E-state index in [0.717, 1.165) is 6.04 Å². The number of carbonyl (C=O) groups is 1. The van der Waals surface area contributed by atoms with Gasteiger partial charge in [-0.05, 0) is 25.2 Å². The Bertz CT molecular complexity index is 295. The Hall–Kier alpha value is -0.610. The highest BCUT2D eigenvalue weighted by Gasteiger charge is 2.39. The molecule has 0 radical (unpaired) electrons. The quantitative estimate of drug-likeness (QED) is 0.448. The Morgan fingerprint density at radius 1 is 1.29 bits per heavy atom. The van der Waals surface area contributed by atoms with Gasteiger partial charge in [-0.25, -0.2) is 0 Å². The highest BCUT2D eigenvalue weighted by molar-refractivity contribution is 5.69. The van der Waals surface area contributed by atoms with Gasteiger partial charge in [0.15, 0.2) is 0 Å². The zero-order valence-electron chi connectivity index (χ0n) is 14.5. The lowest BCUT2D eigenvalue weighted by Gasteiger charge is -2.23. The fourth-order valence-corrected chi connectivity index (χ4v) is 3.69. The Morgan fingerprint density at radius 3 is 2.67 bits per heavy atom. The number of hydrogen-bond acceptors (Lipinski definition) is 2. The number of carbonyl (C=O) groups excluding carboxylic acids is 1. The van der Waals surface area contributed by atoms with Crippen molar-refractivity contribution in [3.05, 3.63) is 0 Å². The average Bonchev–Trinajstić information content (AvgIpc) is 2.81. The third-order valence-corrected chi connectivity index (χ3v) is 4.94. The summed E-state index contributed by atoms with van der Waals surface area (Å²) in [5, 5.41) is 2.54. The Kier molecular flexibility index (Phi) is 8.93. The van der Waals surface area contributed by atoms with Gasteiger partial charge < -0.3 is 15.0 Å². The highest BCUT2D eigenvalue weighted by atomic mass is 16.5.